The van der Waals surface area contributed by atoms with Gasteiger partial charge in [-0.1, -0.05) is 19.1 Å². The number of ether oxygens (including phenoxy) is 1. The number of sulfone groups is 1. The lowest BCUT2D eigenvalue weighted by molar-refractivity contribution is 0.315. The Hall–Kier alpha value is -1.03. The second kappa shape index (κ2) is 6.05. The topological polar surface area (TPSA) is 43.4 Å². The zero-order valence-electron chi connectivity index (χ0n) is 10.7. The summed E-state index contributed by atoms with van der Waals surface area (Å²) in [5.74, 6) is 1.25. The first-order chi connectivity index (χ1) is 7.94. The van der Waals surface area contributed by atoms with Crippen LogP contribution in [-0.2, 0) is 9.84 Å². The highest BCUT2D eigenvalue weighted by atomic mass is 32.2. The number of benzene rings is 1. The average Bonchev–Trinajstić information content (AvgIpc) is 2.29. The van der Waals surface area contributed by atoms with Crippen molar-refractivity contribution < 1.29 is 13.2 Å². The van der Waals surface area contributed by atoms with Crippen molar-refractivity contribution in [3.8, 4) is 5.75 Å². The van der Waals surface area contributed by atoms with E-state index in [4.69, 9.17) is 4.74 Å². The molecule has 3 nitrogen and oxygen atoms in total. The Morgan fingerprint density at radius 3 is 2.59 bits per heavy atom. The van der Waals surface area contributed by atoms with Crippen LogP contribution in [0.3, 0.4) is 0 Å². The van der Waals surface area contributed by atoms with Crippen molar-refractivity contribution in [3.05, 3.63) is 29.3 Å². The van der Waals surface area contributed by atoms with Crippen LogP contribution in [0.4, 0.5) is 0 Å². The van der Waals surface area contributed by atoms with Crippen LogP contribution in [0.2, 0.25) is 0 Å². The van der Waals surface area contributed by atoms with Crippen molar-refractivity contribution >= 4 is 9.84 Å². The highest BCUT2D eigenvalue weighted by Crippen LogP contribution is 2.19. The van der Waals surface area contributed by atoms with Crippen molar-refractivity contribution in [2.75, 3.05) is 18.1 Å². The molecule has 0 saturated heterocycles. The molecular formula is C13H20O3S. The quantitative estimate of drug-likeness (QED) is 0.734. The smallest absolute Gasteiger partial charge is 0.150 e. The van der Waals surface area contributed by atoms with E-state index >= 15 is 0 Å². The molecule has 0 amide bonds. The Labute approximate surface area is 104 Å². The molecule has 0 spiro atoms. The minimum absolute atomic E-state index is 0.203. The lowest BCUT2D eigenvalue weighted by atomic mass is 10.1. The molecule has 0 aromatic heterocycles. The molecule has 0 unspecified atom stereocenters. The summed E-state index contributed by atoms with van der Waals surface area (Å²) in [4.78, 5) is 0. The molecule has 0 heterocycles. The van der Waals surface area contributed by atoms with E-state index in [-0.39, 0.29) is 11.5 Å². The second-order valence-electron chi connectivity index (χ2n) is 4.21. The molecule has 0 fully saturated rings. The summed E-state index contributed by atoms with van der Waals surface area (Å²) in [7, 11) is -2.87. The van der Waals surface area contributed by atoms with Crippen LogP contribution < -0.4 is 4.74 Å². The third kappa shape index (κ3) is 4.77. The number of hydrogen-bond acceptors (Lipinski definition) is 3. The molecule has 4 heteroatoms. The maximum atomic E-state index is 11.3. The van der Waals surface area contributed by atoms with E-state index in [2.05, 4.69) is 0 Å². The molecule has 0 radical (unpaired) electrons. The molecule has 96 valence electrons. The minimum atomic E-state index is -2.87. The van der Waals surface area contributed by atoms with Crippen molar-refractivity contribution in [1.82, 2.24) is 0 Å². The fourth-order valence-electron chi connectivity index (χ4n) is 1.47. The van der Waals surface area contributed by atoms with Gasteiger partial charge in [0.1, 0.15) is 15.6 Å². The Balaban J connectivity index is 2.44. The van der Waals surface area contributed by atoms with Gasteiger partial charge in [-0.05, 0) is 37.5 Å². The lowest BCUT2D eigenvalue weighted by Gasteiger charge is -2.09. The van der Waals surface area contributed by atoms with Crippen molar-refractivity contribution in [2.45, 2.75) is 27.2 Å². The van der Waals surface area contributed by atoms with Gasteiger partial charge in [-0.2, -0.15) is 0 Å². The van der Waals surface area contributed by atoms with Gasteiger partial charge < -0.3 is 4.74 Å². The van der Waals surface area contributed by atoms with Crippen LogP contribution in [0.1, 0.15) is 24.5 Å². The van der Waals surface area contributed by atoms with E-state index in [0.29, 0.717) is 13.0 Å². The normalized spacial score (nSPS) is 11.5. The highest BCUT2D eigenvalue weighted by Gasteiger charge is 2.07. The molecule has 1 aromatic rings. The van der Waals surface area contributed by atoms with Crippen LogP contribution >= 0.6 is 0 Å². The van der Waals surface area contributed by atoms with Crippen LogP contribution in [0.5, 0.6) is 5.75 Å². The molecule has 0 saturated carbocycles. The standard InChI is InChI=1S/C13H20O3S/c1-4-17(14,15)9-5-8-16-13-10-11(2)6-7-12(13)3/h6-7,10H,4-5,8-9H2,1-3H3. The second-order valence-corrected chi connectivity index (χ2v) is 6.68. The van der Waals surface area contributed by atoms with Crippen LogP contribution in [-0.4, -0.2) is 26.5 Å². The molecule has 0 aliphatic carbocycles. The number of rotatable bonds is 6. The van der Waals surface area contributed by atoms with Gasteiger partial charge in [-0.25, -0.2) is 8.42 Å². The molecule has 0 aliphatic heterocycles. The van der Waals surface area contributed by atoms with Gasteiger partial charge >= 0.3 is 0 Å². The molecule has 1 aromatic carbocycles. The molecule has 17 heavy (non-hydrogen) atoms. The zero-order chi connectivity index (χ0) is 12.9. The Morgan fingerprint density at radius 2 is 1.94 bits per heavy atom. The van der Waals surface area contributed by atoms with Crippen molar-refractivity contribution in [3.63, 3.8) is 0 Å². The first-order valence-electron chi connectivity index (χ1n) is 5.85. The highest BCUT2D eigenvalue weighted by molar-refractivity contribution is 7.91. The predicted octanol–water partition coefficient (Wildman–Crippen LogP) is 2.51. The van der Waals surface area contributed by atoms with Gasteiger partial charge in [-0.3, -0.25) is 0 Å². The van der Waals surface area contributed by atoms with E-state index in [0.717, 1.165) is 16.9 Å². The van der Waals surface area contributed by atoms with Gasteiger partial charge in [0.25, 0.3) is 0 Å². The average molecular weight is 256 g/mol. The Kier molecular flexibility index (Phi) is 5.00. The molecule has 0 N–H and O–H groups in total. The molecule has 1 rings (SSSR count). The first-order valence-corrected chi connectivity index (χ1v) is 7.67. The largest absolute Gasteiger partial charge is 0.493 e. The molecule has 0 bridgehead atoms. The SMILES string of the molecule is CCS(=O)(=O)CCCOc1cc(C)ccc1C. The van der Waals surface area contributed by atoms with Gasteiger partial charge in [0, 0.05) is 5.75 Å². The van der Waals surface area contributed by atoms with Gasteiger partial charge in [0.05, 0.1) is 12.4 Å². The van der Waals surface area contributed by atoms with Crippen LogP contribution in [0, 0.1) is 13.8 Å². The summed E-state index contributed by atoms with van der Waals surface area (Å²) < 4.78 is 28.1. The van der Waals surface area contributed by atoms with Crippen molar-refractivity contribution in [1.29, 1.82) is 0 Å². The third-order valence-corrected chi connectivity index (χ3v) is 4.43. The summed E-state index contributed by atoms with van der Waals surface area (Å²) >= 11 is 0. The van der Waals surface area contributed by atoms with E-state index in [1.807, 2.05) is 32.0 Å². The fraction of sp³-hybridized carbons (Fsp3) is 0.538. The van der Waals surface area contributed by atoms with Crippen molar-refractivity contribution in [2.24, 2.45) is 0 Å². The zero-order valence-corrected chi connectivity index (χ0v) is 11.5. The maximum absolute atomic E-state index is 11.3. The van der Waals surface area contributed by atoms with E-state index in [1.165, 1.54) is 0 Å². The van der Waals surface area contributed by atoms with Gasteiger partial charge in [-0.15, -0.1) is 0 Å². The fourth-order valence-corrected chi connectivity index (χ4v) is 2.31. The Morgan fingerprint density at radius 1 is 1.24 bits per heavy atom. The number of aryl methyl sites for hydroxylation is 2. The molecular weight excluding hydrogens is 236 g/mol. The van der Waals surface area contributed by atoms with E-state index in [1.54, 1.807) is 6.92 Å². The summed E-state index contributed by atoms with van der Waals surface area (Å²) in [6.07, 6.45) is 0.545. The monoisotopic (exact) mass is 256 g/mol. The lowest BCUT2D eigenvalue weighted by Crippen LogP contribution is -2.12. The molecule has 0 atom stereocenters. The summed E-state index contributed by atoms with van der Waals surface area (Å²) in [6.45, 7) is 6.11. The van der Waals surface area contributed by atoms with E-state index < -0.39 is 9.84 Å². The summed E-state index contributed by atoms with van der Waals surface area (Å²) in [5.41, 5.74) is 2.22. The van der Waals surface area contributed by atoms with Gasteiger partial charge in [0.2, 0.25) is 0 Å². The van der Waals surface area contributed by atoms with E-state index in [9.17, 15) is 8.42 Å². The molecule has 0 aliphatic rings. The van der Waals surface area contributed by atoms with Crippen LogP contribution in [0.25, 0.3) is 0 Å². The first kappa shape index (κ1) is 14.0. The Bertz CT molecular complexity index is 464. The predicted molar refractivity (Wildman–Crippen MR) is 70.4 cm³/mol. The summed E-state index contributed by atoms with van der Waals surface area (Å²) in [5, 5.41) is 0. The van der Waals surface area contributed by atoms with Gasteiger partial charge in [0.15, 0.2) is 0 Å². The third-order valence-electron chi connectivity index (χ3n) is 2.64. The minimum Gasteiger partial charge on any atom is -0.493 e. The van der Waals surface area contributed by atoms with Crippen LogP contribution in [0.15, 0.2) is 18.2 Å². The summed E-state index contributed by atoms with van der Waals surface area (Å²) in [6, 6.07) is 6.01. The maximum Gasteiger partial charge on any atom is 0.150 e. The number of hydrogen-bond donors (Lipinski definition) is 0.